The maximum absolute atomic E-state index is 11.5. The average molecular weight is 320 g/mol. The fourth-order valence-corrected chi connectivity index (χ4v) is 3.17. The molecule has 0 unspecified atom stereocenters. The van der Waals surface area contributed by atoms with Gasteiger partial charge in [0.2, 0.25) is 5.91 Å². The molecule has 0 bridgehead atoms. The Bertz CT molecular complexity index is 495. The van der Waals surface area contributed by atoms with Gasteiger partial charge in [-0.2, -0.15) is 0 Å². The number of amides is 1. The molecule has 0 radical (unpaired) electrons. The first kappa shape index (κ1) is 17.7. The molecule has 2 rings (SSSR count). The van der Waals surface area contributed by atoms with Crippen molar-refractivity contribution in [1.29, 1.82) is 0 Å². The largest absolute Gasteiger partial charge is 0.375 e. The summed E-state index contributed by atoms with van der Waals surface area (Å²) in [5.74, 6) is 0.907. The number of aromatic nitrogens is 1. The summed E-state index contributed by atoms with van der Waals surface area (Å²) in [5.41, 5.74) is 1.23. The molecule has 2 heterocycles. The Labute approximate surface area is 138 Å². The maximum Gasteiger partial charge on any atom is 0.245 e. The number of carbonyl (C=O) groups is 1. The minimum Gasteiger partial charge on any atom is -0.375 e. The molecular formula is C17H28N4O2. The van der Waals surface area contributed by atoms with Crippen molar-refractivity contribution in [1.82, 2.24) is 15.2 Å². The number of nitrogens with zero attached hydrogens (tertiary/aromatic N) is 2. The highest BCUT2D eigenvalue weighted by atomic mass is 16.5. The molecule has 0 saturated carbocycles. The van der Waals surface area contributed by atoms with E-state index in [1.54, 1.807) is 0 Å². The molecule has 128 valence electrons. The highest BCUT2D eigenvalue weighted by molar-refractivity contribution is 5.77. The second kappa shape index (κ2) is 9.47. The third kappa shape index (κ3) is 5.48. The van der Waals surface area contributed by atoms with Crippen LogP contribution in [-0.2, 0) is 16.1 Å². The third-order valence-corrected chi connectivity index (χ3v) is 4.33. The zero-order chi connectivity index (χ0) is 16.5. The highest BCUT2D eigenvalue weighted by Gasteiger charge is 2.23. The van der Waals surface area contributed by atoms with Crippen LogP contribution in [0.25, 0.3) is 0 Å². The van der Waals surface area contributed by atoms with Gasteiger partial charge in [0.1, 0.15) is 12.4 Å². The van der Waals surface area contributed by atoms with E-state index in [0.717, 1.165) is 25.3 Å². The van der Waals surface area contributed by atoms with Gasteiger partial charge in [0, 0.05) is 45.0 Å². The Morgan fingerprint density at radius 3 is 3.13 bits per heavy atom. The number of anilines is 1. The monoisotopic (exact) mass is 320 g/mol. The molecule has 1 amide bonds. The van der Waals surface area contributed by atoms with E-state index in [2.05, 4.69) is 26.6 Å². The van der Waals surface area contributed by atoms with Gasteiger partial charge in [-0.05, 0) is 31.9 Å². The number of piperidine rings is 1. The second-order valence-corrected chi connectivity index (χ2v) is 5.95. The lowest BCUT2D eigenvalue weighted by Crippen LogP contribution is -2.41. The lowest BCUT2D eigenvalue weighted by molar-refractivity contribution is -0.124. The van der Waals surface area contributed by atoms with Gasteiger partial charge in [-0.15, -0.1) is 0 Å². The van der Waals surface area contributed by atoms with E-state index in [-0.39, 0.29) is 12.5 Å². The van der Waals surface area contributed by atoms with E-state index in [9.17, 15) is 4.79 Å². The molecule has 1 atom stereocenters. The van der Waals surface area contributed by atoms with Gasteiger partial charge in [-0.3, -0.25) is 9.69 Å². The van der Waals surface area contributed by atoms with Crippen molar-refractivity contribution in [2.24, 2.45) is 0 Å². The SMILES string of the molecule is CNc1ncccc1CN1CCCC[C@@H]1CCNC(=O)COC. The van der Waals surface area contributed by atoms with Gasteiger partial charge in [0.05, 0.1) is 0 Å². The predicted octanol–water partition coefficient (Wildman–Crippen LogP) is 1.63. The topological polar surface area (TPSA) is 66.5 Å². The molecule has 6 nitrogen and oxygen atoms in total. The zero-order valence-electron chi connectivity index (χ0n) is 14.2. The minimum absolute atomic E-state index is 0.0420. The summed E-state index contributed by atoms with van der Waals surface area (Å²) >= 11 is 0. The first-order valence-corrected chi connectivity index (χ1v) is 8.36. The maximum atomic E-state index is 11.5. The molecule has 0 spiro atoms. The lowest BCUT2D eigenvalue weighted by atomic mass is 9.98. The summed E-state index contributed by atoms with van der Waals surface area (Å²) in [6.07, 6.45) is 6.48. The van der Waals surface area contributed by atoms with Crippen molar-refractivity contribution in [3.05, 3.63) is 23.9 Å². The number of likely N-dealkylation sites (tertiary alicyclic amines) is 1. The summed E-state index contributed by atoms with van der Waals surface area (Å²) in [5, 5.41) is 6.09. The fourth-order valence-electron chi connectivity index (χ4n) is 3.17. The van der Waals surface area contributed by atoms with Crippen LogP contribution >= 0.6 is 0 Å². The molecule has 1 fully saturated rings. The molecule has 1 saturated heterocycles. The van der Waals surface area contributed by atoms with E-state index in [1.807, 2.05) is 19.3 Å². The van der Waals surface area contributed by atoms with E-state index in [0.29, 0.717) is 12.6 Å². The van der Waals surface area contributed by atoms with Crippen LogP contribution < -0.4 is 10.6 Å². The molecule has 2 N–H and O–H groups in total. The Kier molecular flexibility index (Phi) is 7.29. The van der Waals surface area contributed by atoms with Gasteiger partial charge in [0.25, 0.3) is 0 Å². The summed E-state index contributed by atoms with van der Waals surface area (Å²) in [6, 6.07) is 4.63. The number of methoxy groups -OCH3 is 1. The van der Waals surface area contributed by atoms with Crippen molar-refractivity contribution < 1.29 is 9.53 Å². The molecule has 1 aliphatic rings. The summed E-state index contributed by atoms with van der Waals surface area (Å²) < 4.78 is 4.84. The van der Waals surface area contributed by atoms with Crippen LogP contribution in [0, 0.1) is 0 Å². The smallest absolute Gasteiger partial charge is 0.245 e. The Balaban J connectivity index is 1.89. The van der Waals surface area contributed by atoms with Crippen LogP contribution in [0.5, 0.6) is 0 Å². The second-order valence-electron chi connectivity index (χ2n) is 5.95. The van der Waals surface area contributed by atoms with Gasteiger partial charge >= 0.3 is 0 Å². The molecule has 23 heavy (non-hydrogen) atoms. The minimum atomic E-state index is -0.0420. The lowest BCUT2D eigenvalue weighted by Gasteiger charge is -2.36. The van der Waals surface area contributed by atoms with Crippen LogP contribution in [0.2, 0.25) is 0 Å². The number of pyridine rings is 1. The van der Waals surface area contributed by atoms with Gasteiger partial charge in [-0.25, -0.2) is 4.98 Å². The number of nitrogens with one attached hydrogen (secondary N) is 2. The van der Waals surface area contributed by atoms with Crippen molar-refractivity contribution >= 4 is 11.7 Å². The van der Waals surface area contributed by atoms with Crippen molar-refractivity contribution in [2.45, 2.75) is 38.3 Å². The molecule has 0 aliphatic carbocycles. The third-order valence-electron chi connectivity index (χ3n) is 4.33. The molecule has 1 aromatic heterocycles. The summed E-state index contributed by atoms with van der Waals surface area (Å²) in [4.78, 5) is 18.4. The number of rotatable bonds is 8. The number of carbonyl (C=O) groups excluding carboxylic acids is 1. The van der Waals surface area contributed by atoms with Crippen LogP contribution in [-0.4, -0.2) is 55.7 Å². The standard InChI is InChI=1S/C17H28N4O2/c1-18-17-14(6-5-9-20-17)12-21-11-4-3-7-15(21)8-10-19-16(22)13-23-2/h5-6,9,15H,3-4,7-8,10-13H2,1-2H3,(H,18,20)(H,19,22)/t15-/m1/s1. The molecule has 6 heteroatoms. The van der Waals surface area contributed by atoms with Crippen molar-refractivity contribution in [2.75, 3.05) is 39.2 Å². The summed E-state index contributed by atoms with van der Waals surface area (Å²) in [6.45, 7) is 2.85. The molecule has 1 aromatic rings. The number of ether oxygens (including phenoxy) is 1. The Morgan fingerprint density at radius 1 is 1.48 bits per heavy atom. The highest BCUT2D eigenvalue weighted by Crippen LogP contribution is 2.23. The predicted molar refractivity (Wildman–Crippen MR) is 91.3 cm³/mol. The Morgan fingerprint density at radius 2 is 2.35 bits per heavy atom. The van der Waals surface area contributed by atoms with Crippen molar-refractivity contribution in [3.8, 4) is 0 Å². The number of hydrogen-bond donors (Lipinski definition) is 2. The average Bonchev–Trinajstić information content (AvgIpc) is 2.57. The molecular weight excluding hydrogens is 292 g/mol. The van der Waals surface area contributed by atoms with Gasteiger partial charge in [-0.1, -0.05) is 12.5 Å². The van der Waals surface area contributed by atoms with Gasteiger partial charge in [0.15, 0.2) is 0 Å². The van der Waals surface area contributed by atoms with Crippen molar-refractivity contribution in [3.63, 3.8) is 0 Å². The Hall–Kier alpha value is -1.66. The first-order chi connectivity index (χ1) is 11.2. The number of hydrogen-bond acceptors (Lipinski definition) is 5. The van der Waals surface area contributed by atoms with Crippen LogP contribution in [0.15, 0.2) is 18.3 Å². The fraction of sp³-hybridized carbons (Fsp3) is 0.647. The summed E-state index contributed by atoms with van der Waals surface area (Å²) in [7, 11) is 3.44. The zero-order valence-corrected chi connectivity index (χ0v) is 14.2. The van der Waals surface area contributed by atoms with Gasteiger partial charge < -0.3 is 15.4 Å². The first-order valence-electron chi connectivity index (χ1n) is 8.36. The van der Waals surface area contributed by atoms with Crippen LogP contribution in [0.3, 0.4) is 0 Å². The van der Waals surface area contributed by atoms with Crippen LogP contribution in [0.1, 0.15) is 31.2 Å². The normalized spacial score (nSPS) is 18.6. The molecule has 0 aromatic carbocycles. The van der Waals surface area contributed by atoms with E-state index < -0.39 is 0 Å². The van der Waals surface area contributed by atoms with E-state index >= 15 is 0 Å². The quantitative estimate of drug-likeness (QED) is 0.762. The molecule has 1 aliphatic heterocycles. The van der Waals surface area contributed by atoms with Crippen LogP contribution in [0.4, 0.5) is 5.82 Å². The van der Waals surface area contributed by atoms with E-state index in [1.165, 1.54) is 31.9 Å². The van der Waals surface area contributed by atoms with E-state index in [4.69, 9.17) is 4.74 Å².